The molecule has 126 valence electrons. The third-order valence-corrected chi connectivity index (χ3v) is 4.20. The van der Waals surface area contributed by atoms with Crippen molar-refractivity contribution in [3.8, 4) is 17.2 Å². The third kappa shape index (κ3) is 2.58. The molecule has 0 aliphatic rings. The molecule has 1 atom stereocenters. The lowest BCUT2D eigenvalue weighted by molar-refractivity contribution is 0.186. The molecule has 0 radical (unpaired) electrons. The lowest BCUT2D eigenvalue weighted by Crippen LogP contribution is -2.01. The minimum Gasteiger partial charge on any atom is -0.385 e. The molecule has 3 heterocycles. The molecule has 0 saturated carbocycles. The van der Waals surface area contributed by atoms with Crippen molar-refractivity contribution in [2.45, 2.75) is 20.0 Å². The Labute approximate surface area is 144 Å². The Morgan fingerprint density at radius 1 is 1.08 bits per heavy atom. The lowest BCUT2D eigenvalue weighted by atomic mass is 10.2. The number of nitrogens with zero attached hydrogens (tertiary/aromatic N) is 6. The molecule has 4 aromatic rings. The van der Waals surface area contributed by atoms with Crippen LogP contribution in [0.1, 0.15) is 24.7 Å². The average Bonchev–Trinajstić information content (AvgIpc) is 3.19. The van der Waals surface area contributed by atoms with Crippen LogP contribution >= 0.6 is 0 Å². The van der Waals surface area contributed by atoms with Crippen molar-refractivity contribution in [3.05, 3.63) is 54.5 Å². The summed E-state index contributed by atoms with van der Waals surface area (Å²) in [6.45, 7) is 3.57. The maximum Gasteiger partial charge on any atom is 0.163 e. The van der Waals surface area contributed by atoms with Crippen molar-refractivity contribution >= 4 is 11.0 Å². The van der Waals surface area contributed by atoms with E-state index in [2.05, 4.69) is 19.9 Å². The largest absolute Gasteiger partial charge is 0.385 e. The van der Waals surface area contributed by atoms with E-state index in [9.17, 15) is 5.11 Å². The van der Waals surface area contributed by atoms with Crippen LogP contribution in [0.5, 0.6) is 0 Å². The third-order valence-electron chi connectivity index (χ3n) is 4.20. The summed E-state index contributed by atoms with van der Waals surface area (Å²) in [4.78, 5) is 17.6. The Hall–Kier alpha value is -3.06. The summed E-state index contributed by atoms with van der Waals surface area (Å²) >= 11 is 0. The quantitative estimate of drug-likeness (QED) is 0.623. The molecule has 1 N–H and O–H groups in total. The Morgan fingerprint density at radius 2 is 1.92 bits per heavy atom. The van der Waals surface area contributed by atoms with Crippen LogP contribution in [0.25, 0.3) is 28.2 Å². The SMILES string of the molecule is Cc1nccc(-c2nccn2-c2ccc3c(c2)nc(C(C)O)n3C)n1. The minimum absolute atomic E-state index is 0.617. The molecule has 0 aliphatic carbocycles. The van der Waals surface area contributed by atoms with Crippen LogP contribution in [-0.2, 0) is 7.05 Å². The van der Waals surface area contributed by atoms with E-state index in [1.165, 1.54) is 0 Å². The zero-order valence-electron chi connectivity index (χ0n) is 14.2. The summed E-state index contributed by atoms with van der Waals surface area (Å²) < 4.78 is 3.88. The number of hydrogen-bond donors (Lipinski definition) is 1. The molecule has 1 aromatic carbocycles. The van der Waals surface area contributed by atoms with Gasteiger partial charge in [-0.25, -0.2) is 19.9 Å². The van der Waals surface area contributed by atoms with Crippen LogP contribution in [0.2, 0.25) is 0 Å². The van der Waals surface area contributed by atoms with E-state index in [0.29, 0.717) is 11.6 Å². The van der Waals surface area contributed by atoms with Crippen molar-refractivity contribution in [3.63, 3.8) is 0 Å². The fourth-order valence-corrected chi connectivity index (χ4v) is 3.01. The van der Waals surface area contributed by atoms with Gasteiger partial charge in [-0.05, 0) is 38.1 Å². The highest BCUT2D eigenvalue weighted by molar-refractivity contribution is 5.79. The smallest absolute Gasteiger partial charge is 0.163 e. The number of benzene rings is 1. The molecule has 3 aromatic heterocycles. The van der Waals surface area contributed by atoms with Gasteiger partial charge in [0.15, 0.2) is 5.82 Å². The molecule has 25 heavy (non-hydrogen) atoms. The van der Waals surface area contributed by atoms with Crippen LogP contribution in [0.4, 0.5) is 0 Å². The van der Waals surface area contributed by atoms with Gasteiger partial charge in [-0.3, -0.25) is 4.57 Å². The fourth-order valence-electron chi connectivity index (χ4n) is 3.01. The first-order valence-electron chi connectivity index (χ1n) is 8.03. The summed E-state index contributed by atoms with van der Waals surface area (Å²) in [5, 5.41) is 9.86. The normalized spacial score (nSPS) is 12.6. The van der Waals surface area contributed by atoms with Gasteiger partial charge >= 0.3 is 0 Å². The van der Waals surface area contributed by atoms with Crippen molar-refractivity contribution in [1.82, 2.24) is 29.1 Å². The van der Waals surface area contributed by atoms with Gasteiger partial charge in [-0.2, -0.15) is 0 Å². The molecule has 0 fully saturated rings. The van der Waals surface area contributed by atoms with Crippen molar-refractivity contribution in [2.24, 2.45) is 7.05 Å². The van der Waals surface area contributed by atoms with E-state index in [1.54, 1.807) is 19.3 Å². The number of rotatable bonds is 3. The van der Waals surface area contributed by atoms with Gasteiger partial charge < -0.3 is 9.67 Å². The van der Waals surface area contributed by atoms with Gasteiger partial charge in [-0.1, -0.05) is 0 Å². The molecule has 0 aliphatic heterocycles. The standard InChI is InChI=1S/C18H18N6O/c1-11(25)17-22-15-10-13(4-5-16(15)23(17)3)24-9-8-20-18(24)14-6-7-19-12(2)21-14/h4-11,25H,1-3H3. The highest BCUT2D eigenvalue weighted by atomic mass is 16.3. The zero-order valence-corrected chi connectivity index (χ0v) is 14.2. The fraction of sp³-hybridized carbons (Fsp3) is 0.222. The Morgan fingerprint density at radius 3 is 2.68 bits per heavy atom. The van der Waals surface area contributed by atoms with Crippen LogP contribution in [0, 0.1) is 6.92 Å². The van der Waals surface area contributed by atoms with Gasteiger partial charge in [0.25, 0.3) is 0 Å². The van der Waals surface area contributed by atoms with E-state index in [-0.39, 0.29) is 0 Å². The molecular weight excluding hydrogens is 316 g/mol. The molecule has 0 saturated heterocycles. The number of imidazole rings is 2. The van der Waals surface area contributed by atoms with Crippen molar-refractivity contribution in [1.29, 1.82) is 0 Å². The second-order valence-electron chi connectivity index (χ2n) is 5.99. The summed E-state index contributed by atoms with van der Waals surface area (Å²) in [5.74, 6) is 2.09. The minimum atomic E-state index is -0.617. The molecule has 0 bridgehead atoms. The van der Waals surface area contributed by atoms with Crippen LogP contribution in [-0.4, -0.2) is 34.2 Å². The van der Waals surface area contributed by atoms with E-state index in [1.807, 2.05) is 53.6 Å². The van der Waals surface area contributed by atoms with E-state index in [0.717, 1.165) is 28.2 Å². The second kappa shape index (κ2) is 5.78. The number of fused-ring (bicyclic) bond motifs is 1. The molecule has 0 amide bonds. The van der Waals surface area contributed by atoms with Gasteiger partial charge in [0, 0.05) is 31.3 Å². The number of hydrogen-bond acceptors (Lipinski definition) is 5. The Balaban J connectivity index is 1.85. The van der Waals surface area contributed by atoms with Gasteiger partial charge in [-0.15, -0.1) is 0 Å². The number of aromatic nitrogens is 6. The van der Waals surface area contributed by atoms with Crippen molar-refractivity contribution < 1.29 is 5.11 Å². The number of aliphatic hydroxyl groups excluding tert-OH is 1. The first-order valence-corrected chi connectivity index (χ1v) is 8.03. The highest BCUT2D eigenvalue weighted by Crippen LogP contribution is 2.25. The van der Waals surface area contributed by atoms with Crippen LogP contribution < -0.4 is 0 Å². The van der Waals surface area contributed by atoms with Gasteiger partial charge in [0.05, 0.1) is 11.0 Å². The first kappa shape index (κ1) is 15.5. The summed E-state index contributed by atoms with van der Waals surface area (Å²) in [6.07, 6.45) is 4.75. The molecule has 7 heteroatoms. The highest BCUT2D eigenvalue weighted by Gasteiger charge is 2.14. The Kier molecular flexibility index (Phi) is 3.58. The molecule has 7 nitrogen and oxygen atoms in total. The monoisotopic (exact) mass is 334 g/mol. The maximum absolute atomic E-state index is 9.86. The number of aryl methyl sites for hydroxylation is 2. The first-order chi connectivity index (χ1) is 12.0. The van der Waals surface area contributed by atoms with Gasteiger partial charge in [0.2, 0.25) is 0 Å². The summed E-state index contributed by atoms with van der Waals surface area (Å²) in [6, 6.07) is 7.84. The second-order valence-corrected chi connectivity index (χ2v) is 5.99. The molecular formula is C18H18N6O. The van der Waals surface area contributed by atoms with Crippen LogP contribution in [0.3, 0.4) is 0 Å². The van der Waals surface area contributed by atoms with Crippen molar-refractivity contribution in [2.75, 3.05) is 0 Å². The van der Waals surface area contributed by atoms with E-state index >= 15 is 0 Å². The molecule has 0 spiro atoms. The predicted molar refractivity (Wildman–Crippen MR) is 94.2 cm³/mol. The summed E-state index contributed by atoms with van der Waals surface area (Å²) in [5.41, 5.74) is 3.50. The van der Waals surface area contributed by atoms with Gasteiger partial charge in [0.1, 0.15) is 23.4 Å². The van der Waals surface area contributed by atoms with Crippen LogP contribution in [0.15, 0.2) is 42.9 Å². The molecule has 1 unspecified atom stereocenters. The summed E-state index contributed by atoms with van der Waals surface area (Å²) in [7, 11) is 1.91. The van der Waals surface area contributed by atoms with E-state index < -0.39 is 6.10 Å². The average molecular weight is 334 g/mol. The maximum atomic E-state index is 9.86. The zero-order chi connectivity index (χ0) is 17.6. The Bertz CT molecular complexity index is 1060. The lowest BCUT2D eigenvalue weighted by Gasteiger charge is -2.08. The van der Waals surface area contributed by atoms with E-state index in [4.69, 9.17) is 0 Å². The topological polar surface area (TPSA) is 81.6 Å². The molecule has 4 rings (SSSR count). The predicted octanol–water partition coefficient (Wildman–Crippen LogP) is 2.58. The number of aliphatic hydroxyl groups is 1.